The van der Waals surface area contributed by atoms with Crippen molar-refractivity contribution in [2.24, 2.45) is 0 Å². The highest BCUT2D eigenvalue weighted by Gasteiger charge is 2.35. The van der Waals surface area contributed by atoms with Gasteiger partial charge in [0, 0.05) is 37.3 Å². The molecule has 1 aliphatic carbocycles. The minimum Gasteiger partial charge on any atom is -0.363 e. The molecule has 2 amide bonds. The number of para-hydroxylation sites is 1. The maximum Gasteiger partial charge on any atom is 0.322 e. The Morgan fingerprint density at radius 2 is 1.41 bits per heavy atom. The lowest BCUT2D eigenvalue weighted by atomic mass is 9.91. The summed E-state index contributed by atoms with van der Waals surface area (Å²) < 4.78 is 0. The molecule has 0 saturated carbocycles. The van der Waals surface area contributed by atoms with Crippen molar-refractivity contribution >= 4 is 46.5 Å². The zero-order chi connectivity index (χ0) is 20.5. The molecule has 0 bridgehead atoms. The van der Waals surface area contributed by atoms with Gasteiger partial charge in [0.15, 0.2) is 0 Å². The number of allylic oxidation sites excluding steroid dienone is 2. The summed E-state index contributed by atoms with van der Waals surface area (Å²) in [5, 5.41) is 3.18. The summed E-state index contributed by atoms with van der Waals surface area (Å²) >= 11 is 12.4. The minimum absolute atomic E-state index is 0.0670. The van der Waals surface area contributed by atoms with E-state index in [4.69, 9.17) is 23.2 Å². The molecular formula is C21H17Cl2N3O3. The molecule has 0 spiro atoms. The van der Waals surface area contributed by atoms with Gasteiger partial charge in [-0.1, -0.05) is 59.6 Å². The molecule has 1 N–H and O–H groups in total. The lowest BCUT2D eigenvalue weighted by Gasteiger charge is -2.38. The Kier molecular flexibility index (Phi) is 5.30. The zero-order valence-electron chi connectivity index (χ0n) is 15.3. The molecule has 2 aliphatic rings. The molecule has 0 atom stereocenters. The van der Waals surface area contributed by atoms with Crippen molar-refractivity contribution in [3.63, 3.8) is 0 Å². The number of ketones is 2. The quantitative estimate of drug-likeness (QED) is 0.782. The van der Waals surface area contributed by atoms with Crippen molar-refractivity contribution in [1.82, 2.24) is 9.80 Å². The average Bonchev–Trinajstić information content (AvgIpc) is 2.74. The van der Waals surface area contributed by atoms with Crippen LogP contribution < -0.4 is 5.32 Å². The number of hydrogen-bond donors (Lipinski definition) is 1. The number of rotatable bonds is 2. The molecule has 29 heavy (non-hydrogen) atoms. The number of nitrogens with one attached hydrogen (secondary N) is 1. The monoisotopic (exact) mass is 429 g/mol. The zero-order valence-corrected chi connectivity index (χ0v) is 16.8. The van der Waals surface area contributed by atoms with Crippen LogP contribution in [0.25, 0.3) is 0 Å². The molecule has 6 nitrogen and oxygen atoms in total. The van der Waals surface area contributed by atoms with E-state index in [9.17, 15) is 14.4 Å². The third-order valence-corrected chi connectivity index (χ3v) is 5.72. The van der Waals surface area contributed by atoms with Gasteiger partial charge in [0.1, 0.15) is 10.7 Å². The van der Waals surface area contributed by atoms with E-state index in [-0.39, 0.29) is 28.3 Å². The van der Waals surface area contributed by atoms with Crippen molar-refractivity contribution in [3.05, 3.63) is 75.4 Å². The fraction of sp³-hybridized carbons (Fsp3) is 0.190. The second-order valence-corrected chi connectivity index (χ2v) is 7.54. The molecule has 1 fully saturated rings. The minimum atomic E-state index is -0.351. The van der Waals surface area contributed by atoms with Crippen molar-refractivity contribution < 1.29 is 14.4 Å². The number of urea groups is 1. The number of nitrogens with zero attached hydrogens (tertiary/aromatic N) is 2. The van der Waals surface area contributed by atoms with Crippen LogP contribution in [0.3, 0.4) is 0 Å². The van der Waals surface area contributed by atoms with Crippen LogP contribution in [0, 0.1) is 0 Å². The summed E-state index contributed by atoms with van der Waals surface area (Å²) in [5.41, 5.74) is 1.43. The Morgan fingerprint density at radius 1 is 0.828 bits per heavy atom. The lowest BCUT2D eigenvalue weighted by Crippen LogP contribution is -2.51. The first-order chi connectivity index (χ1) is 14.0. The van der Waals surface area contributed by atoms with Gasteiger partial charge in [-0.2, -0.15) is 0 Å². The van der Waals surface area contributed by atoms with E-state index < -0.39 is 0 Å². The Balaban J connectivity index is 1.46. The maximum atomic E-state index is 12.9. The molecule has 2 aromatic carbocycles. The van der Waals surface area contributed by atoms with Crippen LogP contribution in [0.15, 0.2) is 59.3 Å². The summed E-state index contributed by atoms with van der Waals surface area (Å²) in [6.07, 6.45) is 0. The summed E-state index contributed by atoms with van der Waals surface area (Å²) in [6.45, 7) is 1.55. The fourth-order valence-electron chi connectivity index (χ4n) is 3.50. The Labute approximate surface area is 177 Å². The van der Waals surface area contributed by atoms with Gasteiger partial charge in [-0.25, -0.2) is 4.79 Å². The first kappa shape index (κ1) is 19.5. The smallest absolute Gasteiger partial charge is 0.322 e. The van der Waals surface area contributed by atoms with Gasteiger partial charge >= 0.3 is 6.03 Å². The van der Waals surface area contributed by atoms with Crippen LogP contribution in [-0.2, 0) is 0 Å². The van der Waals surface area contributed by atoms with E-state index in [0.717, 1.165) is 0 Å². The van der Waals surface area contributed by atoms with Crippen molar-refractivity contribution in [2.45, 2.75) is 0 Å². The third kappa shape index (κ3) is 3.61. The predicted octanol–water partition coefficient (Wildman–Crippen LogP) is 4.02. The van der Waals surface area contributed by atoms with Gasteiger partial charge in [-0.05, 0) is 12.1 Å². The third-order valence-electron chi connectivity index (χ3n) is 5.04. The van der Waals surface area contributed by atoms with Gasteiger partial charge < -0.3 is 15.1 Å². The second-order valence-electron chi connectivity index (χ2n) is 6.75. The summed E-state index contributed by atoms with van der Waals surface area (Å²) in [5.74, 6) is -0.616. The molecule has 0 radical (unpaired) electrons. The normalized spacial score (nSPS) is 16.8. The van der Waals surface area contributed by atoms with Gasteiger partial charge in [0.2, 0.25) is 11.6 Å². The van der Waals surface area contributed by atoms with Crippen molar-refractivity contribution in [3.8, 4) is 0 Å². The van der Waals surface area contributed by atoms with Crippen LogP contribution in [0.5, 0.6) is 0 Å². The molecule has 1 heterocycles. The Hall–Kier alpha value is -2.83. The fourth-order valence-corrected chi connectivity index (χ4v) is 3.99. The Bertz CT molecular complexity index is 1040. The standard InChI is InChI=1S/C21H17Cl2N3O3/c22-15-7-3-4-8-16(15)24-21(29)26-11-9-25(10-12-26)18-17(23)19(27)13-5-1-2-6-14(13)20(18)28/h1-8H,9-12H2,(H,24,29). The van der Waals surface area contributed by atoms with Crippen molar-refractivity contribution in [2.75, 3.05) is 31.5 Å². The highest BCUT2D eigenvalue weighted by molar-refractivity contribution is 6.49. The SMILES string of the molecule is O=C1C(Cl)=C(N2CCN(C(=O)Nc3ccccc3Cl)CC2)C(=O)c2ccccc21. The number of fused-ring (bicyclic) bond motifs is 1. The second kappa shape index (κ2) is 7.89. The molecule has 0 unspecified atom stereocenters. The van der Waals surface area contributed by atoms with Crippen LogP contribution in [0.1, 0.15) is 20.7 Å². The number of Topliss-reactive ketones (excluding diaryl/α,β-unsaturated/α-hetero) is 2. The summed E-state index contributed by atoms with van der Waals surface area (Å²) in [4.78, 5) is 41.4. The summed E-state index contributed by atoms with van der Waals surface area (Å²) in [7, 11) is 0. The van der Waals surface area contributed by atoms with Crippen LogP contribution >= 0.6 is 23.2 Å². The van der Waals surface area contributed by atoms with Gasteiger partial charge in [0.25, 0.3) is 0 Å². The number of anilines is 1. The number of halogens is 2. The van der Waals surface area contributed by atoms with E-state index in [1.54, 1.807) is 58.3 Å². The number of piperazine rings is 1. The topological polar surface area (TPSA) is 69.7 Å². The number of carbonyl (C=O) groups is 3. The molecule has 1 aliphatic heterocycles. The van der Waals surface area contributed by atoms with E-state index in [0.29, 0.717) is 48.0 Å². The average molecular weight is 430 g/mol. The number of carbonyl (C=O) groups excluding carboxylic acids is 3. The largest absolute Gasteiger partial charge is 0.363 e. The number of benzene rings is 2. The van der Waals surface area contributed by atoms with E-state index in [1.807, 2.05) is 0 Å². The summed E-state index contributed by atoms with van der Waals surface area (Å²) in [6, 6.07) is 13.4. The van der Waals surface area contributed by atoms with Gasteiger partial charge in [-0.3, -0.25) is 9.59 Å². The van der Waals surface area contributed by atoms with Crippen LogP contribution in [0.2, 0.25) is 5.02 Å². The van der Waals surface area contributed by atoms with Crippen LogP contribution in [0.4, 0.5) is 10.5 Å². The van der Waals surface area contributed by atoms with Gasteiger partial charge in [-0.15, -0.1) is 0 Å². The van der Waals surface area contributed by atoms with E-state index >= 15 is 0 Å². The van der Waals surface area contributed by atoms with Gasteiger partial charge in [0.05, 0.1) is 10.7 Å². The molecular weight excluding hydrogens is 413 g/mol. The van der Waals surface area contributed by atoms with E-state index in [1.165, 1.54) is 0 Å². The molecule has 2 aromatic rings. The molecule has 4 rings (SSSR count). The molecule has 8 heteroatoms. The highest BCUT2D eigenvalue weighted by atomic mass is 35.5. The van der Waals surface area contributed by atoms with Crippen LogP contribution in [-0.4, -0.2) is 53.6 Å². The predicted molar refractivity (Wildman–Crippen MR) is 112 cm³/mol. The first-order valence-corrected chi connectivity index (χ1v) is 9.86. The lowest BCUT2D eigenvalue weighted by molar-refractivity contribution is 0.0925. The molecule has 148 valence electrons. The highest BCUT2D eigenvalue weighted by Crippen LogP contribution is 2.31. The number of amides is 2. The molecule has 0 aromatic heterocycles. The number of hydrogen-bond acceptors (Lipinski definition) is 4. The van der Waals surface area contributed by atoms with E-state index in [2.05, 4.69) is 5.32 Å². The molecule has 1 saturated heterocycles. The maximum absolute atomic E-state index is 12.9. The Morgan fingerprint density at radius 3 is 2.07 bits per heavy atom. The van der Waals surface area contributed by atoms with Crippen molar-refractivity contribution in [1.29, 1.82) is 0 Å². The first-order valence-electron chi connectivity index (χ1n) is 9.11.